The Kier molecular flexibility index (Phi) is 4.98. The molecule has 0 saturated heterocycles. The van der Waals surface area contributed by atoms with E-state index in [1.165, 1.54) is 17.5 Å². The van der Waals surface area contributed by atoms with Gasteiger partial charge in [0.05, 0.1) is 5.69 Å². The number of aromatic nitrogens is 3. The van der Waals surface area contributed by atoms with Crippen LogP contribution in [0.25, 0.3) is 5.69 Å². The molecule has 2 heterocycles. The Bertz CT molecular complexity index is 936. The van der Waals surface area contributed by atoms with Crippen LogP contribution >= 0.6 is 0 Å². The second-order valence-corrected chi connectivity index (χ2v) is 6.76. The number of fused-ring (bicyclic) bond motifs is 1. The van der Waals surface area contributed by atoms with Crippen LogP contribution in [0.5, 0.6) is 0 Å². The highest BCUT2D eigenvalue weighted by atomic mass is 16.1. The minimum atomic E-state index is -0.124. The Morgan fingerprint density at radius 2 is 1.96 bits per heavy atom. The summed E-state index contributed by atoms with van der Waals surface area (Å²) in [6.07, 6.45) is 5.18. The summed E-state index contributed by atoms with van der Waals surface area (Å²) in [5.74, 6) is -0.124. The molecule has 1 aromatic heterocycles. The molecule has 27 heavy (non-hydrogen) atoms. The second kappa shape index (κ2) is 7.72. The maximum atomic E-state index is 12.7. The molecule has 1 aliphatic rings. The average molecular weight is 361 g/mol. The van der Waals surface area contributed by atoms with Crippen LogP contribution in [0.3, 0.4) is 0 Å². The maximum Gasteiger partial charge on any atom is 0.255 e. The first kappa shape index (κ1) is 17.4. The molecule has 1 aliphatic heterocycles. The van der Waals surface area contributed by atoms with Gasteiger partial charge in [-0.05, 0) is 60.8 Å². The van der Waals surface area contributed by atoms with E-state index in [4.69, 9.17) is 0 Å². The highest BCUT2D eigenvalue weighted by Gasteiger charge is 2.14. The van der Waals surface area contributed by atoms with Crippen molar-refractivity contribution in [3.8, 4) is 5.69 Å². The Balaban J connectivity index is 1.51. The summed E-state index contributed by atoms with van der Waals surface area (Å²) < 4.78 is 1.64. The summed E-state index contributed by atoms with van der Waals surface area (Å²) in [6, 6.07) is 13.6. The van der Waals surface area contributed by atoms with Crippen LogP contribution in [-0.4, -0.2) is 45.2 Å². The number of carbonyl (C=O) groups excluding carboxylic acids is 1. The normalized spacial score (nSPS) is 14.4. The molecule has 0 fully saturated rings. The third-order valence-electron chi connectivity index (χ3n) is 5.10. The van der Waals surface area contributed by atoms with Crippen LogP contribution in [0.2, 0.25) is 0 Å². The molecule has 4 rings (SSSR count). The van der Waals surface area contributed by atoms with E-state index in [0.29, 0.717) is 5.56 Å². The Morgan fingerprint density at radius 3 is 2.74 bits per heavy atom. The van der Waals surface area contributed by atoms with Crippen LogP contribution in [0, 0.1) is 0 Å². The van der Waals surface area contributed by atoms with Crippen molar-refractivity contribution < 1.29 is 4.79 Å². The third kappa shape index (κ3) is 3.90. The Labute approximate surface area is 158 Å². The zero-order valence-corrected chi connectivity index (χ0v) is 15.4. The molecule has 0 saturated carbocycles. The van der Waals surface area contributed by atoms with Crippen molar-refractivity contribution in [2.75, 3.05) is 25.0 Å². The molecule has 1 amide bonds. The summed E-state index contributed by atoms with van der Waals surface area (Å²) in [5.41, 5.74) is 4.96. The van der Waals surface area contributed by atoms with Crippen molar-refractivity contribution >= 4 is 11.6 Å². The highest BCUT2D eigenvalue weighted by molar-refractivity contribution is 6.04. The van der Waals surface area contributed by atoms with E-state index in [0.717, 1.165) is 43.9 Å². The fourth-order valence-corrected chi connectivity index (χ4v) is 3.50. The number of rotatable bonds is 4. The molecule has 2 aromatic carbocycles. The molecular formula is C21H23N5O. The van der Waals surface area contributed by atoms with Crippen molar-refractivity contribution in [1.82, 2.24) is 19.7 Å². The van der Waals surface area contributed by atoms with Gasteiger partial charge in [-0.3, -0.25) is 4.79 Å². The lowest BCUT2D eigenvalue weighted by molar-refractivity contribution is 0.102. The van der Waals surface area contributed by atoms with E-state index in [-0.39, 0.29) is 5.91 Å². The smallest absolute Gasteiger partial charge is 0.255 e. The van der Waals surface area contributed by atoms with Crippen LogP contribution in [-0.2, 0) is 12.8 Å². The first-order chi connectivity index (χ1) is 13.2. The zero-order valence-electron chi connectivity index (χ0n) is 15.4. The predicted octanol–water partition coefficient (Wildman–Crippen LogP) is 2.94. The fraction of sp³-hybridized carbons (Fsp3) is 0.286. The molecule has 0 radical (unpaired) electrons. The number of amides is 1. The average Bonchev–Trinajstić information content (AvgIpc) is 3.16. The summed E-state index contributed by atoms with van der Waals surface area (Å²) in [5, 5.41) is 7.14. The van der Waals surface area contributed by atoms with Gasteiger partial charge < -0.3 is 10.2 Å². The Morgan fingerprint density at radius 1 is 1.11 bits per heavy atom. The van der Waals surface area contributed by atoms with Gasteiger partial charge in [-0.2, -0.15) is 5.10 Å². The van der Waals surface area contributed by atoms with Gasteiger partial charge in [0.25, 0.3) is 5.91 Å². The van der Waals surface area contributed by atoms with Crippen LogP contribution < -0.4 is 5.32 Å². The molecule has 1 N–H and O–H groups in total. The number of anilines is 1. The second-order valence-electron chi connectivity index (χ2n) is 6.76. The standard InChI is InChI=1S/C21H23N5O/c1-2-25-10-8-16-6-7-19(12-17(16)9-11-25)24-21(27)18-4-3-5-20(13-18)26-15-22-14-23-26/h3-7,12-15H,2,8-11H2,1H3,(H,24,27). The largest absolute Gasteiger partial charge is 0.322 e. The van der Waals surface area contributed by atoms with Crippen molar-refractivity contribution in [3.05, 3.63) is 71.8 Å². The molecule has 0 spiro atoms. The molecule has 0 bridgehead atoms. The van der Waals surface area contributed by atoms with Gasteiger partial charge in [-0.25, -0.2) is 9.67 Å². The number of hydrogen-bond donors (Lipinski definition) is 1. The van der Waals surface area contributed by atoms with Crippen LogP contribution in [0.15, 0.2) is 55.1 Å². The first-order valence-corrected chi connectivity index (χ1v) is 9.33. The summed E-state index contributed by atoms with van der Waals surface area (Å²) in [6.45, 7) is 5.46. The van der Waals surface area contributed by atoms with Crippen LogP contribution in [0.1, 0.15) is 28.4 Å². The summed E-state index contributed by atoms with van der Waals surface area (Å²) >= 11 is 0. The zero-order chi connectivity index (χ0) is 18.6. The van der Waals surface area contributed by atoms with E-state index >= 15 is 0 Å². The summed E-state index contributed by atoms with van der Waals surface area (Å²) in [7, 11) is 0. The van der Waals surface area contributed by atoms with Gasteiger partial charge >= 0.3 is 0 Å². The fourth-order valence-electron chi connectivity index (χ4n) is 3.50. The first-order valence-electron chi connectivity index (χ1n) is 9.33. The molecule has 6 heteroatoms. The van der Waals surface area contributed by atoms with E-state index in [1.54, 1.807) is 17.1 Å². The monoisotopic (exact) mass is 361 g/mol. The van der Waals surface area contributed by atoms with E-state index < -0.39 is 0 Å². The van der Waals surface area contributed by atoms with Crippen molar-refractivity contribution in [1.29, 1.82) is 0 Å². The van der Waals surface area contributed by atoms with Gasteiger partial charge in [0.15, 0.2) is 0 Å². The predicted molar refractivity (Wildman–Crippen MR) is 105 cm³/mol. The maximum absolute atomic E-state index is 12.7. The van der Waals surface area contributed by atoms with Crippen molar-refractivity contribution in [2.45, 2.75) is 19.8 Å². The third-order valence-corrected chi connectivity index (χ3v) is 5.10. The molecule has 138 valence electrons. The molecule has 3 aromatic rings. The number of nitrogens with one attached hydrogen (secondary N) is 1. The molecule has 6 nitrogen and oxygen atoms in total. The lowest BCUT2D eigenvalue weighted by atomic mass is 10.0. The van der Waals surface area contributed by atoms with Crippen molar-refractivity contribution in [3.63, 3.8) is 0 Å². The highest BCUT2D eigenvalue weighted by Crippen LogP contribution is 2.21. The SMILES string of the molecule is CCN1CCc2ccc(NC(=O)c3cccc(-n4cncn4)c3)cc2CC1. The van der Waals surface area contributed by atoms with Gasteiger partial charge in [-0.1, -0.05) is 19.1 Å². The minimum absolute atomic E-state index is 0.124. The molecule has 0 atom stereocenters. The van der Waals surface area contributed by atoms with E-state index in [1.807, 2.05) is 24.3 Å². The number of benzene rings is 2. The lowest BCUT2D eigenvalue weighted by Crippen LogP contribution is -2.25. The molecule has 0 aliphatic carbocycles. The lowest BCUT2D eigenvalue weighted by Gasteiger charge is -2.16. The van der Waals surface area contributed by atoms with Gasteiger partial charge in [-0.15, -0.1) is 0 Å². The van der Waals surface area contributed by atoms with E-state index in [2.05, 4.69) is 39.4 Å². The molecular weight excluding hydrogens is 338 g/mol. The summed E-state index contributed by atoms with van der Waals surface area (Å²) in [4.78, 5) is 19.1. The molecule has 0 unspecified atom stereocenters. The van der Waals surface area contributed by atoms with Gasteiger partial charge in [0.2, 0.25) is 0 Å². The number of hydrogen-bond acceptors (Lipinski definition) is 4. The number of likely N-dealkylation sites (N-methyl/N-ethyl adjacent to an activating group) is 1. The van der Waals surface area contributed by atoms with Gasteiger partial charge in [0, 0.05) is 24.3 Å². The van der Waals surface area contributed by atoms with Crippen molar-refractivity contribution in [2.24, 2.45) is 0 Å². The minimum Gasteiger partial charge on any atom is -0.322 e. The number of nitrogens with zero attached hydrogens (tertiary/aromatic N) is 4. The Hall–Kier alpha value is -2.99. The quantitative estimate of drug-likeness (QED) is 0.776. The van der Waals surface area contributed by atoms with E-state index in [9.17, 15) is 4.79 Å². The van der Waals surface area contributed by atoms with Crippen LogP contribution in [0.4, 0.5) is 5.69 Å². The van der Waals surface area contributed by atoms with Gasteiger partial charge in [0.1, 0.15) is 12.7 Å². The topological polar surface area (TPSA) is 63.1 Å². The number of carbonyl (C=O) groups is 1.